The maximum absolute atomic E-state index is 5.58. The molecule has 1 aromatic rings. The van der Waals surface area contributed by atoms with E-state index in [2.05, 4.69) is 10.2 Å². The standard InChI is InChI=1S/C11H16N2O3/c1-14-10-6-5-9(12-13-10)8-16-11-4-2-3-7-15-11/h5-6,11H,2-4,7-8H2,1H3. The molecule has 5 nitrogen and oxygen atoms in total. The minimum Gasteiger partial charge on any atom is -0.480 e. The Kier molecular flexibility index (Phi) is 4.07. The van der Waals surface area contributed by atoms with Crippen molar-refractivity contribution in [1.29, 1.82) is 0 Å². The van der Waals surface area contributed by atoms with E-state index in [1.54, 1.807) is 13.2 Å². The zero-order valence-corrected chi connectivity index (χ0v) is 9.39. The number of aromatic nitrogens is 2. The van der Waals surface area contributed by atoms with Gasteiger partial charge in [0.1, 0.15) is 0 Å². The van der Waals surface area contributed by atoms with Gasteiger partial charge in [-0.25, -0.2) is 0 Å². The van der Waals surface area contributed by atoms with Gasteiger partial charge in [-0.3, -0.25) is 0 Å². The summed E-state index contributed by atoms with van der Waals surface area (Å²) in [5.74, 6) is 0.512. The van der Waals surface area contributed by atoms with Gasteiger partial charge in [0.25, 0.3) is 0 Å². The van der Waals surface area contributed by atoms with Crippen LogP contribution in [-0.4, -0.2) is 30.2 Å². The van der Waals surface area contributed by atoms with Crippen molar-refractivity contribution in [3.05, 3.63) is 17.8 Å². The van der Waals surface area contributed by atoms with Crippen LogP contribution in [0.1, 0.15) is 25.0 Å². The molecule has 1 aromatic heterocycles. The molecular weight excluding hydrogens is 208 g/mol. The van der Waals surface area contributed by atoms with Gasteiger partial charge in [0.05, 0.1) is 19.4 Å². The van der Waals surface area contributed by atoms with Crippen molar-refractivity contribution in [1.82, 2.24) is 10.2 Å². The first kappa shape index (κ1) is 11.3. The summed E-state index contributed by atoms with van der Waals surface area (Å²) in [5, 5.41) is 7.85. The molecule has 1 unspecified atom stereocenters. The predicted molar refractivity (Wildman–Crippen MR) is 57.0 cm³/mol. The minimum absolute atomic E-state index is 0.0855. The molecule has 5 heteroatoms. The SMILES string of the molecule is COc1ccc(COC2CCCCO2)nn1. The van der Waals surface area contributed by atoms with Gasteiger partial charge >= 0.3 is 0 Å². The number of rotatable bonds is 4. The van der Waals surface area contributed by atoms with Gasteiger partial charge in [-0.2, -0.15) is 0 Å². The van der Waals surface area contributed by atoms with E-state index in [-0.39, 0.29) is 6.29 Å². The Balaban J connectivity index is 1.79. The summed E-state index contributed by atoms with van der Waals surface area (Å²) in [4.78, 5) is 0. The molecular formula is C11H16N2O3. The van der Waals surface area contributed by atoms with Crippen LogP contribution in [0.25, 0.3) is 0 Å². The first-order valence-corrected chi connectivity index (χ1v) is 5.48. The molecule has 0 N–H and O–H groups in total. The lowest BCUT2D eigenvalue weighted by Crippen LogP contribution is -2.22. The molecule has 0 aliphatic carbocycles. The van der Waals surface area contributed by atoms with Crippen LogP contribution >= 0.6 is 0 Å². The highest BCUT2D eigenvalue weighted by molar-refractivity contribution is 5.10. The van der Waals surface area contributed by atoms with E-state index < -0.39 is 0 Å². The predicted octanol–water partition coefficient (Wildman–Crippen LogP) is 1.53. The zero-order valence-electron chi connectivity index (χ0n) is 9.39. The van der Waals surface area contributed by atoms with E-state index in [4.69, 9.17) is 14.2 Å². The first-order chi connectivity index (χ1) is 7.88. The second kappa shape index (κ2) is 5.77. The van der Waals surface area contributed by atoms with Crippen LogP contribution in [0.3, 0.4) is 0 Å². The first-order valence-electron chi connectivity index (χ1n) is 5.48. The lowest BCUT2D eigenvalue weighted by atomic mass is 10.2. The second-order valence-corrected chi connectivity index (χ2v) is 3.67. The maximum atomic E-state index is 5.58. The van der Waals surface area contributed by atoms with Gasteiger partial charge in [-0.1, -0.05) is 0 Å². The van der Waals surface area contributed by atoms with Gasteiger partial charge in [-0.05, 0) is 25.3 Å². The molecule has 0 aromatic carbocycles. The van der Waals surface area contributed by atoms with Crippen LogP contribution < -0.4 is 4.74 Å². The van der Waals surface area contributed by atoms with Gasteiger partial charge in [0.2, 0.25) is 5.88 Å². The fourth-order valence-electron chi connectivity index (χ4n) is 1.55. The number of nitrogens with zero attached hydrogens (tertiary/aromatic N) is 2. The van der Waals surface area contributed by atoms with Gasteiger partial charge in [-0.15, -0.1) is 10.2 Å². The molecule has 1 aliphatic rings. The second-order valence-electron chi connectivity index (χ2n) is 3.67. The summed E-state index contributed by atoms with van der Waals surface area (Å²) in [6.45, 7) is 1.22. The third-order valence-electron chi connectivity index (χ3n) is 2.46. The van der Waals surface area contributed by atoms with Crippen LogP contribution in [0.15, 0.2) is 12.1 Å². The van der Waals surface area contributed by atoms with Crippen LogP contribution in [0.5, 0.6) is 5.88 Å². The Labute approximate surface area is 94.7 Å². The average molecular weight is 224 g/mol. The Hall–Kier alpha value is -1.20. The molecule has 16 heavy (non-hydrogen) atoms. The Morgan fingerprint density at radius 3 is 2.94 bits per heavy atom. The molecule has 0 amide bonds. The molecule has 0 radical (unpaired) electrons. The van der Waals surface area contributed by atoms with Crippen LogP contribution in [0.2, 0.25) is 0 Å². The molecule has 2 heterocycles. The number of ether oxygens (including phenoxy) is 3. The molecule has 0 bridgehead atoms. The van der Waals surface area contributed by atoms with Crippen LogP contribution in [-0.2, 0) is 16.1 Å². The van der Waals surface area contributed by atoms with Crippen molar-refractivity contribution >= 4 is 0 Å². The Bertz CT molecular complexity index is 310. The summed E-state index contributed by atoms with van der Waals surface area (Å²) < 4.78 is 16.0. The van der Waals surface area contributed by atoms with E-state index in [0.717, 1.165) is 25.1 Å². The van der Waals surface area contributed by atoms with E-state index >= 15 is 0 Å². The monoisotopic (exact) mass is 224 g/mol. The topological polar surface area (TPSA) is 53.5 Å². The van der Waals surface area contributed by atoms with E-state index in [1.165, 1.54) is 6.42 Å². The quantitative estimate of drug-likeness (QED) is 0.776. The van der Waals surface area contributed by atoms with Crippen molar-refractivity contribution in [3.8, 4) is 5.88 Å². The van der Waals surface area contributed by atoms with E-state index in [0.29, 0.717) is 12.5 Å². The third-order valence-corrected chi connectivity index (χ3v) is 2.46. The van der Waals surface area contributed by atoms with Crippen molar-refractivity contribution in [2.24, 2.45) is 0 Å². The molecule has 1 aliphatic heterocycles. The Morgan fingerprint density at radius 1 is 1.38 bits per heavy atom. The van der Waals surface area contributed by atoms with Crippen LogP contribution in [0, 0.1) is 0 Å². The Morgan fingerprint density at radius 2 is 2.31 bits per heavy atom. The third kappa shape index (κ3) is 3.15. The lowest BCUT2D eigenvalue weighted by Gasteiger charge is -2.22. The summed E-state index contributed by atoms with van der Waals surface area (Å²) in [5.41, 5.74) is 0.787. The maximum Gasteiger partial charge on any atom is 0.233 e. The lowest BCUT2D eigenvalue weighted by molar-refractivity contribution is -0.169. The molecule has 1 atom stereocenters. The highest BCUT2D eigenvalue weighted by atomic mass is 16.7. The normalized spacial score (nSPS) is 20.7. The van der Waals surface area contributed by atoms with Gasteiger partial charge < -0.3 is 14.2 Å². The van der Waals surface area contributed by atoms with Crippen LogP contribution in [0.4, 0.5) is 0 Å². The summed E-state index contributed by atoms with van der Waals surface area (Å²) >= 11 is 0. The summed E-state index contributed by atoms with van der Waals surface area (Å²) in [7, 11) is 1.57. The highest BCUT2D eigenvalue weighted by Gasteiger charge is 2.14. The van der Waals surface area contributed by atoms with Gasteiger partial charge in [0.15, 0.2) is 6.29 Å². The zero-order chi connectivity index (χ0) is 11.2. The van der Waals surface area contributed by atoms with E-state index in [1.807, 2.05) is 6.07 Å². The largest absolute Gasteiger partial charge is 0.480 e. The number of hydrogen-bond donors (Lipinski definition) is 0. The fraction of sp³-hybridized carbons (Fsp3) is 0.636. The molecule has 88 valence electrons. The minimum atomic E-state index is -0.0855. The van der Waals surface area contributed by atoms with E-state index in [9.17, 15) is 0 Å². The van der Waals surface area contributed by atoms with Gasteiger partial charge in [0, 0.05) is 12.7 Å². The molecule has 0 spiro atoms. The highest BCUT2D eigenvalue weighted by Crippen LogP contribution is 2.15. The van der Waals surface area contributed by atoms with Crippen molar-refractivity contribution in [2.45, 2.75) is 32.2 Å². The summed E-state index contributed by atoms with van der Waals surface area (Å²) in [6.07, 6.45) is 3.17. The number of hydrogen-bond acceptors (Lipinski definition) is 5. The fourth-order valence-corrected chi connectivity index (χ4v) is 1.55. The molecule has 1 saturated heterocycles. The van der Waals surface area contributed by atoms with Crippen molar-refractivity contribution in [2.75, 3.05) is 13.7 Å². The average Bonchev–Trinajstić information content (AvgIpc) is 2.38. The van der Waals surface area contributed by atoms with Crippen molar-refractivity contribution in [3.63, 3.8) is 0 Å². The summed E-state index contributed by atoms with van der Waals surface area (Å²) in [6, 6.07) is 3.61. The molecule has 2 rings (SSSR count). The van der Waals surface area contributed by atoms with Crippen molar-refractivity contribution < 1.29 is 14.2 Å². The molecule has 1 fully saturated rings. The molecule has 0 saturated carbocycles. The smallest absolute Gasteiger partial charge is 0.233 e. The number of methoxy groups -OCH3 is 1.